The molecule has 1 fully saturated rings. The molecule has 200 valence electrons. The molecular weight excluding hydrogens is 486 g/mol. The van der Waals surface area contributed by atoms with Gasteiger partial charge in [0, 0.05) is 48.4 Å². The van der Waals surface area contributed by atoms with Crippen LogP contribution in [-0.2, 0) is 14.3 Å². The van der Waals surface area contributed by atoms with Crippen LogP contribution in [0.4, 0.5) is 16.3 Å². The highest BCUT2D eigenvalue weighted by atomic mass is 16.6. The maximum Gasteiger partial charge on any atom is 0.415 e. The number of esters is 1. The average Bonchev–Trinajstić information content (AvgIpc) is 3.33. The van der Waals surface area contributed by atoms with Gasteiger partial charge in [-0.2, -0.15) is 0 Å². The van der Waals surface area contributed by atoms with Crippen molar-refractivity contribution in [3.8, 4) is 22.6 Å². The van der Waals surface area contributed by atoms with Crippen LogP contribution >= 0.6 is 0 Å². The summed E-state index contributed by atoms with van der Waals surface area (Å²) in [6.07, 6.45) is 3.04. The Morgan fingerprint density at radius 1 is 1.13 bits per heavy atom. The highest BCUT2D eigenvalue weighted by Crippen LogP contribution is 2.29. The second-order valence-electron chi connectivity index (χ2n) is 9.98. The van der Waals surface area contributed by atoms with E-state index in [-0.39, 0.29) is 13.2 Å². The highest BCUT2D eigenvalue weighted by Gasteiger charge is 2.26. The minimum atomic E-state index is -0.729. The van der Waals surface area contributed by atoms with E-state index in [9.17, 15) is 14.7 Å². The van der Waals surface area contributed by atoms with Gasteiger partial charge < -0.3 is 19.5 Å². The van der Waals surface area contributed by atoms with Crippen molar-refractivity contribution in [2.45, 2.75) is 45.8 Å². The van der Waals surface area contributed by atoms with Crippen molar-refractivity contribution in [1.29, 1.82) is 0 Å². The quantitative estimate of drug-likeness (QED) is 0.461. The van der Waals surface area contributed by atoms with Crippen LogP contribution in [0.5, 0.6) is 0 Å². The normalized spacial score (nSPS) is 15.3. The van der Waals surface area contributed by atoms with Crippen molar-refractivity contribution in [3.05, 3.63) is 54.9 Å². The zero-order chi connectivity index (χ0) is 27.3. The van der Waals surface area contributed by atoms with Crippen molar-refractivity contribution in [2.75, 3.05) is 36.0 Å². The number of pyridine rings is 1. The number of benzene rings is 1. The monoisotopic (exact) mass is 519 g/mol. The van der Waals surface area contributed by atoms with Crippen LogP contribution in [0.3, 0.4) is 0 Å². The molecule has 0 bridgehead atoms. The van der Waals surface area contributed by atoms with Gasteiger partial charge in [-0.15, -0.1) is 0 Å². The lowest BCUT2D eigenvalue weighted by atomic mass is 10.1. The van der Waals surface area contributed by atoms with Crippen LogP contribution < -0.4 is 9.80 Å². The van der Waals surface area contributed by atoms with Crippen LogP contribution in [0.25, 0.3) is 22.6 Å². The number of nitrogens with zero attached hydrogens (tertiary/aromatic N) is 5. The molecule has 0 unspecified atom stereocenters. The van der Waals surface area contributed by atoms with E-state index in [0.29, 0.717) is 42.5 Å². The van der Waals surface area contributed by atoms with Gasteiger partial charge in [0.15, 0.2) is 5.82 Å². The Kier molecular flexibility index (Phi) is 8.21. The molecule has 10 nitrogen and oxygen atoms in total. The first-order valence-electron chi connectivity index (χ1n) is 12.6. The molecule has 1 saturated heterocycles. The Morgan fingerprint density at radius 3 is 2.50 bits per heavy atom. The molecule has 3 aromatic rings. The number of carbonyl (C=O) groups excluding carboxylic acids is 2. The Labute approximate surface area is 222 Å². The predicted octanol–water partition coefficient (Wildman–Crippen LogP) is 4.08. The second kappa shape index (κ2) is 11.6. The molecule has 0 saturated carbocycles. The van der Waals surface area contributed by atoms with E-state index in [4.69, 9.17) is 19.4 Å². The van der Waals surface area contributed by atoms with Gasteiger partial charge in [-0.3, -0.25) is 14.7 Å². The summed E-state index contributed by atoms with van der Waals surface area (Å²) in [6.45, 7) is 8.14. The number of carbonyl (C=O) groups is 2. The molecule has 1 amide bonds. The number of hydrogen-bond acceptors (Lipinski definition) is 9. The molecule has 0 radical (unpaired) electrons. The van der Waals surface area contributed by atoms with Crippen molar-refractivity contribution >= 4 is 23.6 Å². The van der Waals surface area contributed by atoms with E-state index < -0.39 is 23.8 Å². The minimum absolute atomic E-state index is 0.212. The number of hydrogen-bond donors (Lipinski definition) is 1. The Balaban J connectivity index is 1.68. The fourth-order valence-electron chi connectivity index (χ4n) is 4.04. The number of amides is 1. The van der Waals surface area contributed by atoms with Gasteiger partial charge in [-0.05, 0) is 58.4 Å². The predicted molar refractivity (Wildman–Crippen MR) is 144 cm³/mol. The first kappa shape index (κ1) is 27.0. The summed E-state index contributed by atoms with van der Waals surface area (Å²) in [6, 6.07) is 12.7. The first-order valence-corrected chi connectivity index (χ1v) is 12.6. The highest BCUT2D eigenvalue weighted by molar-refractivity contribution is 5.94. The average molecular weight is 520 g/mol. The van der Waals surface area contributed by atoms with Gasteiger partial charge in [0.2, 0.25) is 0 Å². The first-order chi connectivity index (χ1) is 18.1. The summed E-state index contributed by atoms with van der Waals surface area (Å²) < 4.78 is 10.6. The number of rotatable bonds is 7. The standard InChI is InChI=1S/C28H33N5O5/c1-5-37-25(35)18-33(27(36)38-28(2,3)4)21-10-8-19(9-11-21)23-15-24(32-14-12-22(34)17-32)31-26(30-23)20-7-6-13-29-16-20/h6-11,13,15-16,22,34H,5,12,14,17-18H2,1-4H3/t22-/m0/s1. The zero-order valence-electron chi connectivity index (χ0n) is 22.1. The summed E-state index contributed by atoms with van der Waals surface area (Å²) in [5.41, 5.74) is 2.00. The number of aliphatic hydroxyl groups excluding tert-OH is 1. The molecule has 4 rings (SSSR count). The van der Waals surface area contributed by atoms with E-state index in [1.165, 1.54) is 4.90 Å². The number of ether oxygens (including phenoxy) is 2. The van der Waals surface area contributed by atoms with E-state index in [0.717, 1.165) is 11.1 Å². The second-order valence-corrected chi connectivity index (χ2v) is 9.98. The molecule has 10 heteroatoms. The van der Waals surface area contributed by atoms with Crippen LogP contribution in [0.2, 0.25) is 0 Å². The summed E-state index contributed by atoms with van der Waals surface area (Å²) in [5, 5.41) is 10.1. The smallest absolute Gasteiger partial charge is 0.415 e. The zero-order valence-corrected chi connectivity index (χ0v) is 22.1. The van der Waals surface area contributed by atoms with Crippen LogP contribution in [-0.4, -0.2) is 70.1 Å². The third-order valence-electron chi connectivity index (χ3n) is 5.80. The Morgan fingerprint density at radius 2 is 1.89 bits per heavy atom. The summed E-state index contributed by atoms with van der Waals surface area (Å²) in [4.78, 5) is 42.1. The van der Waals surface area contributed by atoms with Crippen LogP contribution in [0.15, 0.2) is 54.9 Å². The molecule has 0 aliphatic carbocycles. The molecule has 2 aromatic heterocycles. The maximum absolute atomic E-state index is 12.9. The molecule has 0 spiro atoms. The largest absolute Gasteiger partial charge is 0.465 e. The lowest BCUT2D eigenvalue weighted by Crippen LogP contribution is -2.40. The maximum atomic E-state index is 12.9. The van der Waals surface area contributed by atoms with Gasteiger partial charge in [-0.25, -0.2) is 14.8 Å². The number of β-amino-alcohol motifs (C(OH)–C–C–N with tert-alkyl or cyclic N) is 1. The third kappa shape index (κ3) is 6.83. The molecule has 3 heterocycles. The van der Waals surface area contributed by atoms with E-state index in [2.05, 4.69) is 4.98 Å². The number of aliphatic hydroxyl groups is 1. The molecule has 1 N–H and O–H groups in total. The van der Waals surface area contributed by atoms with Gasteiger partial charge >= 0.3 is 12.1 Å². The third-order valence-corrected chi connectivity index (χ3v) is 5.80. The topological polar surface area (TPSA) is 118 Å². The van der Waals surface area contributed by atoms with Gasteiger partial charge in [0.25, 0.3) is 0 Å². The van der Waals surface area contributed by atoms with Crippen molar-refractivity contribution in [1.82, 2.24) is 15.0 Å². The molecule has 1 atom stereocenters. The fourth-order valence-corrected chi connectivity index (χ4v) is 4.04. The van der Waals surface area contributed by atoms with Gasteiger partial charge in [-0.1, -0.05) is 12.1 Å². The van der Waals surface area contributed by atoms with E-state index in [1.807, 2.05) is 35.2 Å². The molecule has 38 heavy (non-hydrogen) atoms. The number of aromatic nitrogens is 3. The SMILES string of the molecule is CCOC(=O)CN(C(=O)OC(C)(C)C)c1ccc(-c2cc(N3CC[C@H](O)C3)nc(-c3cccnc3)n2)cc1. The molecule has 1 aromatic carbocycles. The lowest BCUT2D eigenvalue weighted by Gasteiger charge is -2.27. The van der Waals surface area contributed by atoms with Crippen LogP contribution in [0, 0.1) is 0 Å². The van der Waals surface area contributed by atoms with Crippen LogP contribution in [0.1, 0.15) is 34.1 Å². The summed E-state index contributed by atoms with van der Waals surface area (Å²) >= 11 is 0. The van der Waals surface area contributed by atoms with E-state index >= 15 is 0 Å². The minimum Gasteiger partial charge on any atom is -0.465 e. The fraction of sp³-hybridized carbons (Fsp3) is 0.393. The van der Waals surface area contributed by atoms with Gasteiger partial charge in [0.1, 0.15) is 18.0 Å². The van der Waals surface area contributed by atoms with Crippen molar-refractivity contribution < 1.29 is 24.2 Å². The molecule has 1 aliphatic heterocycles. The lowest BCUT2D eigenvalue weighted by molar-refractivity contribution is -0.141. The van der Waals surface area contributed by atoms with Crippen molar-refractivity contribution in [3.63, 3.8) is 0 Å². The molecule has 1 aliphatic rings. The Hall–Kier alpha value is -4.05. The summed E-state index contributed by atoms with van der Waals surface area (Å²) in [5.74, 6) is 0.706. The molecular formula is C28H33N5O5. The number of anilines is 2. The summed E-state index contributed by atoms with van der Waals surface area (Å²) in [7, 11) is 0. The van der Waals surface area contributed by atoms with E-state index in [1.54, 1.807) is 52.2 Å². The van der Waals surface area contributed by atoms with Gasteiger partial charge in [0.05, 0.1) is 18.4 Å². The Bertz CT molecular complexity index is 1260. The van der Waals surface area contributed by atoms with Crippen molar-refractivity contribution in [2.24, 2.45) is 0 Å².